The third-order valence-corrected chi connectivity index (χ3v) is 18.0. The number of hydrogen-bond acceptors (Lipinski definition) is 11. The highest BCUT2D eigenvalue weighted by Crippen LogP contribution is 2.76. The van der Waals surface area contributed by atoms with Gasteiger partial charge in [-0.05, 0) is 111 Å². The zero-order valence-electron chi connectivity index (χ0n) is 35.5. The highest BCUT2D eigenvalue weighted by atomic mass is 32.9. The van der Waals surface area contributed by atoms with E-state index in [-0.39, 0.29) is 35.6 Å². The number of benzene rings is 4. The summed E-state index contributed by atoms with van der Waals surface area (Å²) in [5.74, 6) is 1.58. The number of allylic oxidation sites excluding steroid dienone is 1. The third-order valence-electron chi connectivity index (χ3n) is 12.2. The van der Waals surface area contributed by atoms with Gasteiger partial charge >= 0.3 is 5.69 Å². The van der Waals surface area contributed by atoms with Crippen molar-refractivity contribution in [1.82, 2.24) is 9.55 Å². The normalized spacial score (nSPS) is 25.8. The largest absolute Gasteiger partial charge is 0.497 e. The number of nitrogens with zero attached hydrogens (tertiary/aromatic N) is 2. The van der Waals surface area contributed by atoms with Crippen LogP contribution in [0.2, 0.25) is 0 Å². The average Bonchev–Trinajstić information content (AvgIpc) is 3.80. The van der Waals surface area contributed by atoms with Crippen LogP contribution in [0.4, 0.5) is 5.82 Å². The molecule has 1 saturated carbocycles. The summed E-state index contributed by atoms with van der Waals surface area (Å²) in [6, 6.07) is 34.5. The quantitative estimate of drug-likeness (QED) is 0.0652. The van der Waals surface area contributed by atoms with Crippen molar-refractivity contribution in [3.05, 3.63) is 166 Å². The topological polar surface area (TPSA) is 119 Å². The van der Waals surface area contributed by atoms with E-state index in [4.69, 9.17) is 39.8 Å². The summed E-state index contributed by atoms with van der Waals surface area (Å²) < 4.78 is 40.4. The van der Waals surface area contributed by atoms with Gasteiger partial charge in [-0.3, -0.25) is 9.36 Å². The van der Waals surface area contributed by atoms with Crippen LogP contribution in [0.15, 0.2) is 132 Å². The molecule has 2 aliphatic heterocycles. The van der Waals surface area contributed by atoms with E-state index in [9.17, 15) is 9.59 Å². The molecule has 0 spiro atoms. The molecule has 5 aromatic rings. The minimum atomic E-state index is -2.93. The zero-order valence-corrected chi connectivity index (χ0v) is 38.1. The molecule has 1 aromatic heterocycles. The maximum Gasteiger partial charge on any atom is 0.351 e. The molecule has 324 valence electrons. The van der Waals surface area contributed by atoms with Crippen LogP contribution in [0.3, 0.4) is 0 Å². The molecule has 14 heteroatoms. The molecule has 4 aromatic carbocycles. The summed E-state index contributed by atoms with van der Waals surface area (Å²) in [4.78, 5) is 31.2. The Kier molecular flexibility index (Phi) is 13.0. The van der Waals surface area contributed by atoms with E-state index in [2.05, 4.69) is 30.7 Å². The summed E-state index contributed by atoms with van der Waals surface area (Å²) in [6.07, 6.45) is 2.54. The van der Waals surface area contributed by atoms with E-state index in [1.54, 1.807) is 63.0 Å². The molecule has 3 heterocycles. The average molecular weight is 894 g/mol. The molecule has 3 aliphatic rings. The van der Waals surface area contributed by atoms with E-state index in [1.165, 1.54) is 4.57 Å². The van der Waals surface area contributed by atoms with Crippen LogP contribution in [0, 0.1) is 12.8 Å². The smallest absolute Gasteiger partial charge is 0.351 e. The monoisotopic (exact) mass is 893 g/mol. The number of aryl methyl sites for hydroxylation is 1. The van der Waals surface area contributed by atoms with Crippen LogP contribution in [0.5, 0.6) is 11.5 Å². The van der Waals surface area contributed by atoms with Gasteiger partial charge in [-0.15, -0.1) is 0 Å². The fraction of sp³-hybridized carbons (Fsp3) is 0.354. The number of aromatic nitrogens is 2. The SMILES string of the molecule is C=C(C)[C@H]1CC[C@@]2(C)S[P@@](=S)(O[C@H]3C[C@H](n4cc(C)c(NC(=O)c5ccccc5)nc4=O)O[C@@H]3COC(c3ccccc3)(c3ccc(OC)cc3)c3ccc(OC)cc3)O[C@@H]2C1. The molecule has 0 radical (unpaired) electrons. The first kappa shape index (κ1) is 44.0. The van der Waals surface area contributed by atoms with Gasteiger partial charge in [-0.2, -0.15) is 4.98 Å². The van der Waals surface area contributed by atoms with Crippen molar-refractivity contribution in [3.63, 3.8) is 0 Å². The molecular formula is C48H52N3O8PS2. The van der Waals surface area contributed by atoms with Crippen molar-refractivity contribution in [2.75, 3.05) is 26.1 Å². The van der Waals surface area contributed by atoms with E-state index in [1.807, 2.05) is 84.9 Å². The predicted molar refractivity (Wildman–Crippen MR) is 247 cm³/mol. The molecule has 0 bridgehead atoms. The molecule has 1 aliphatic carbocycles. The second-order valence-corrected chi connectivity index (χ2v) is 22.9. The van der Waals surface area contributed by atoms with Crippen molar-refractivity contribution in [3.8, 4) is 11.5 Å². The van der Waals surface area contributed by atoms with Crippen molar-refractivity contribution >= 4 is 40.6 Å². The zero-order chi connectivity index (χ0) is 43.6. The lowest BCUT2D eigenvalue weighted by atomic mass is 9.77. The lowest BCUT2D eigenvalue weighted by Gasteiger charge is -2.37. The summed E-state index contributed by atoms with van der Waals surface area (Å²) in [6.45, 7) is 10.4. The minimum Gasteiger partial charge on any atom is -0.497 e. The van der Waals surface area contributed by atoms with Gasteiger partial charge < -0.3 is 33.3 Å². The van der Waals surface area contributed by atoms with Crippen LogP contribution < -0.4 is 20.5 Å². The van der Waals surface area contributed by atoms with Crippen LogP contribution in [0.25, 0.3) is 0 Å². The van der Waals surface area contributed by atoms with Gasteiger partial charge in [-0.25, -0.2) is 4.79 Å². The summed E-state index contributed by atoms with van der Waals surface area (Å²) >= 11 is 7.99. The van der Waals surface area contributed by atoms with Crippen molar-refractivity contribution in [1.29, 1.82) is 0 Å². The van der Waals surface area contributed by atoms with Gasteiger partial charge in [0.15, 0.2) is 0 Å². The molecule has 7 atom stereocenters. The van der Waals surface area contributed by atoms with Gasteiger partial charge in [0.25, 0.3) is 5.91 Å². The Morgan fingerprint density at radius 1 is 0.952 bits per heavy atom. The standard InChI is InChI=1S/C48H52N3O8PS2/c1-31(2)34-25-26-47(4)42(27-34)59-60(61,62-47)58-40-28-43(51-29-32(3)44(50-46(51)53)49-45(52)33-13-9-7-10-14-33)57-41(40)30-56-48(35-15-11-8-12-16-35,36-17-21-38(54-5)22-18-36)37-19-23-39(55-6)24-20-37/h7-24,29,34,40-43H,1,25-28,30H2,2-6H3,(H,49,50,52,53)/t34-,40-,41+,42+,43+,47+,60-/m0/s1. The number of carbonyl (C=O) groups is 1. The molecule has 11 nitrogen and oxygen atoms in total. The Bertz CT molecular complexity index is 2460. The molecule has 0 unspecified atom stereocenters. The van der Waals surface area contributed by atoms with Crippen LogP contribution in [-0.4, -0.2) is 59.3 Å². The first-order chi connectivity index (χ1) is 29.8. The Morgan fingerprint density at radius 2 is 1.55 bits per heavy atom. The number of ether oxygens (including phenoxy) is 4. The maximum absolute atomic E-state index is 13.9. The van der Waals surface area contributed by atoms with E-state index >= 15 is 0 Å². The highest BCUT2D eigenvalue weighted by Gasteiger charge is 2.55. The number of amides is 1. The number of rotatable bonds is 14. The Labute approximate surface area is 372 Å². The fourth-order valence-electron chi connectivity index (χ4n) is 8.68. The van der Waals surface area contributed by atoms with Gasteiger partial charge in [-0.1, -0.05) is 96.3 Å². The van der Waals surface area contributed by atoms with E-state index in [0.29, 0.717) is 28.5 Å². The number of nitrogens with one attached hydrogen (secondary N) is 1. The van der Waals surface area contributed by atoms with E-state index < -0.39 is 35.4 Å². The second-order valence-electron chi connectivity index (χ2n) is 16.4. The fourth-order valence-corrected chi connectivity index (χ4v) is 16.3. The highest BCUT2D eigenvalue weighted by molar-refractivity contribution is 8.68. The number of methoxy groups -OCH3 is 2. The molecule has 3 fully saturated rings. The van der Waals surface area contributed by atoms with E-state index in [0.717, 1.165) is 41.5 Å². The Hall–Kier alpha value is -4.59. The van der Waals surface area contributed by atoms with Crippen molar-refractivity contribution in [2.24, 2.45) is 5.92 Å². The predicted octanol–water partition coefficient (Wildman–Crippen LogP) is 9.99. The Balaban J connectivity index is 1.15. The van der Waals surface area contributed by atoms with Gasteiger partial charge in [0.05, 0.1) is 33.0 Å². The lowest BCUT2D eigenvalue weighted by molar-refractivity contribution is -0.0917. The van der Waals surface area contributed by atoms with Crippen LogP contribution in [-0.2, 0) is 35.9 Å². The Morgan fingerprint density at radius 3 is 2.15 bits per heavy atom. The third kappa shape index (κ3) is 8.95. The summed E-state index contributed by atoms with van der Waals surface area (Å²) in [5, 5.41) is 2.79. The lowest BCUT2D eigenvalue weighted by Crippen LogP contribution is -2.39. The van der Waals surface area contributed by atoms with Crippen LogP contribution >= 0.6 is 17.1 Å². The number of fused-ring (bicyclic) bond motifs is 1. The second kappa shape index (κ2) is 18.3. The van der Waals surface area contributed by atoms with Gasteiger partial charge in [0.2, 0.25) is 5.69 Å². The molecular weight excluding hydrogens is 842 g/mol. The number of carbonyl (C=O) groups excluding carboxylic acids is 1. The molecule has 1 amide bonds. The number of hydrogen-bond donors (Lipinski definition) is 1. The van der Waals surface area contributed by atoms with Crippen molar-refractivity contribution in [2.45, 2.75) is 81.3 Å². The summed E-state index contributed by atoms with van der Waals surface area (Å²) in [5.41, 5.74) is 0.143. The van der Waals surface area contributed by atoms with Gasteiger partial charge in [0, 0.05) is 28.5 Å². The molecule has 2 saturated heterocycles. The summed E-state index contributed by atoms with van der Waals surface area (Å²) in [7, 11) is 3.28. The van der Waals surface area contributed by atoms with Crippen molar-refractivity contribution < 1.29 is 32.8 Å². The molecule has 62 heavy (non-hydrogen) atoms. The first-order valence-electron chi connectivity index (χ1n) is 20.8. The maximum atomic E-state index is 13.9. The van der Waals surface area contributed by atoms with Crippen LogP contribution in [0.1, 0.15) is 78.4 Å². The first-order valence-corrected chi connectivity index (χ1v) is 24.8. The van der Waals surface area contributed by atoms with Gasteiger partial charge in [0.1, 0.15) is 35.2 Å². The molecule has 1 N–H and O–H groups in total. The molecule has 8 rings (SSSR count). The minimum absolute atomic E-state index is 0.0406. The number of anilines is 1.